The number of allylic oxidation sites excluding steroid dienone is 29. The zero-order valence-electron chi connectivity index (χ0n) is 49.6. The summed E-state index contributed by atoms with van der Waals surface area (Å²) in [7, 11) is 0. The molecule has 0 aromatic heterocycles. The maximum Gasteiger partial charge on any atom is 0.309 e. The number of carbonyl (C=O) groups is 3. The zero-order valence-corrected chi connectivity index (χ0v) is 49.6. The Hall–Kier alpha value is -5.49. The van der Waals surface area contributed by atoms with E-state index in [1.807, 2.05) is 6.08 Å². The molecule has 1 atom stereocenters. The largest absolute Gasteiger partial charge is 0.462 e. The molecule has 0 amide bonds. The topological polar surface area (TPSA) is 78.9 Å². The highest BCUT2D eigenvalue weighted by atomic mass is 16.6. The van der Waals surface area contributed by atoms with Crippen molar-refractivity contribution in [1.82, 2.24) is 0 Å². The fourth-order valence-electron chi connectivity index (χ4n) is 7.62. The second-order valence-corrected chi connectivity index (χ2v) is 19.5. The van der Waals surface area contributed by atoms with Gasteiger partial charge in [-0.15, -0.1) is 0 Å². The van der Waals surface area contributed by atoms with Crippen LogP contribution in [0.15, 0.2) is 182 Å². The lowest BCUT2D eigenvalue weighted by Crippen LogP contribution is -2.30. The molecule has 0 bridgehead atoms. The van der Waals surface area contributed by atoms with E-state index in [9.17, 15) is 14.4 Å². The molecule has 6 nitrogen and oxygen atoms in total. The van der Waals surface area contributed by atoms with Crippen LogP contribution >= 0.6 is 0 Å². The van der Waals surface area contributed by atoms with Crippen LogP contribution in [0.3, 0.4) is 0 Å². The molecule has 0 radical (unpaired) electrons. The van der Waals surface area contributed by atoms with E-state index in [1.165, 1.54) is 51.4 Å². The van der Waals surface area contributed by atoms with Gasteiger partial charge in [0.05, 0.1) is 6.42 Å². The van der Waals surface area contributed by atoms with Gasteiger partial charge in [0.1, 0.15) is 13.2 Å². The molecular formula is C72H110O6. The van der Waals surface area contributed by atoms with Crippen molar-refractivity contribution in [2.45, 2.75) is 239 Å². The third-order valence-corrected chi connectivity index (χ3v) is 12.2. The number of hydrogen-bond acceptors (Lipinski definition) is 6. The van der Waals surface area contributed by atoms with Gasteiger partial charge in [0, 0.05) is 12.8 Å². The normalized spacial score (nSPS) is 13.4. The molecule has 78 heavy (non-hydrogen) atoms. The van der Waals surface area contributed by atoms with Crippen LogP contribution in [-0.2, 0) is 28.6 Å². The van der Waals surface area contributed by atoms with Gasteiger partial charge in [0.2, 0.25) is 0 Å². The van der Waals surface area contributed by atoms with Gasteiger partial charge in [-0.1, -0.05) is 254 Å². The van der Waals surface area contributed by atoms with E-state index in [1.54, 1.807) is 6.08 Å². The van der Waals surface area contributed by atoms with Crippen LogP contribution in [0.25, 0.3) is 0 Å². The molecule has 0 rings (SSSR count). The first-order chi connectivity index (χ1) is 38.5. The quantitative estimate of drug-likeness (QED) is 0.0261. The van der Waals surface area contributed by atoms with Gasteiger partial charge < -0.3 is 14.2 Å². The Labute approximate surface area is 478 Å². The van der Waals surface area contributed by atoms with Gasteiger partial charge in [-0.2, -0.15) is 0 Å². The Kier molecular flexibility index (Phi) is 59.5. The lowest BCUT2D eigenvalue weighted by Gasteiger charge is -2.18. The van der Waals surface area contributed by atoms with Crippen molar-refractivity contribution in [2.24, 2.45) is 0 Å². The number of esters is 3. The smallest absolute Gasteiger partial charge is 0.309 e. The molecule has 0 aliphatic heterocycles. The third-order valence-electron chi connectivity index (χ3n) is 12.2. The van der Waals surface area contributed by atoms with E-state index in [-0.39, 0.29) is 44.4 Å². The molecule has 0 aliphatic carbocycles. The minimum Gasteiger partial charge on any atom is -0.462 e. The van der Waals surface area contributed by atoms with Crippen LogP contribution in [0.4, 0.5) is 0 Å². The number of carbonyl (C=O) groups excluding carboxylic acids is 3. The number of rotatable bonds is 53. The van der Waals surface area contributed by atoms with Crippen molar-refractivity contribution < 1.29 is 28.6 Å². The van der Waals surface area contributed by atoms with E-state index in [2.05, 4.69) is 191 Å². The maximum absolute atomic E-state index is 12.9. The van der Waals surface area contributed by atoms with E-state index >= 15 is 0 Å². The second kappa shape index (κ2) is 64.0. The molecule has 1 unspecified atom stereocenters. The summed E-state index contributed by atoms with van der Waals surface area (Å²) >= 11 is 0. The summed E-state index contributed by atoms with van der Waals surface area (Å²) in [5.41, 5.74) is 0. The summed E-state index contributed by atoms with van der Waals surface area (Å²) in [5, 5.41) is 0. The molecular weight excluding hydrogens is 961 g/mol. The highest BCUT2D eigenvalue weighted by molar-refractivity contribution is 5.72. The SMILES string of the molecule is CC/C=C\C/C=C\C/C=C\C/C=C\C/C=C\C/C=C\C/C=C\C/C=C\CCCCC(=O)OCC(COC(=O)C/C=C\C/C=C\C/C=C\C/C=C\C/C=C\CC)OC(=O)CCCCCCCCC/C=C\C/C=C\CCCCCC. The molecule has 434 valence electrons. The monoisotopic (exact) mass is 1070 g/mol. The first-order valence-electron chi connectivity index (χ1n) is 30.8. The number of unbranched alkanes of at least 4 members (excludes halogenated alkanes) is 13. The van der Waals surface area contributed by atoms with Crippen molar-refractivity contribution in [3.63, 3.8) is 0 Å². The van der Waals surface area contributed by atoms with Crippen LogP contribution in [0.1, 0.15) is 233 Å². The molecule has 0 aromatic rings. The minimum atomic E-state index is -0.852. The molecule has 0 aromatic carbocycles. The van der Waals surface area contributed by atoms with Gasteiger partial charge in [-0.05, 0) is 141 Å². The highest BCUT2D eigenvalue weighted by Crippen LogP contribution is 2.13. The summed E-state index contributed by atoms with van der Waals surface area (Å²) < 4.78 is 16.7. The number of hydrogen-bond donors (Lipinski definition) is 0. The first kappa shape index (κ1) is 72.5. The Morgan fingerprint density at radius 3 is 0.923 bits per heavy atom. The molecule has 0 N–H and O–H groups in total. The summed E-state index contributed by atoms with van der Waals surface area (Å²) in [6, 6.07) is 0. The van der Waals surface area contributed by atoms with Crippen molar-refractivity contribution in [3.8, 4) is 0 Å². The Balaban J connectivity index is 4.57. The van der Waals surface area contributed by atoms with Crippen LogP contribution in [-0.4, -0.2) is 37.2 Å². The molecule has 0 aliphatic rings. The second-order valence-electron chi connectivity index (χ2n) is 19.5. The van der Waals surface area contributed by atoms with Gasteiger partial charge in [-0.25, -0.2) is 0 Å². The predicted molar refractivity (Wildman–Crippen MR) is 338 cm³/mol. The van der Waals surface area contributed by atoms with E-state index in [4.69, 9.17) is 14.2 Å². The van der Waals surface area contributed by atoms with Gasteiger partial charge in [0.15, 0.2) is 6.10 Å². The fourth-order valence-corrected chi connectivity index (χ4v) is 7.62. The molecule has 0 saturated carbocycles. The third kappa shape index (κ3) is 61.4. The van der Waals surface area contributed by atoms with E-state index in [0.29, 0.717) is 6.42 Å². The van der Waals surface area contributed by atoms with Crippen LogP contribution in [0.5, 0.6) is 0 Å². The van der Waals surface area contributed by atoms with Gasteiger partial charge >= 0.3 is 17.9 Å². The van der Waals surface area contributed by atoms with Crippen LogP contribution in [0.2, 0.25) is 0 Å². The van der Waals surface area contributed by atoms with Crippen molar-refractivity contribution in [2.75, 3.05) is 13.2 Å². The molecule has 0 fully saturated rings. The Morgan fingerprint density at radius 1 is 0.282 bits per heavy atom. The summed E-state index contributed by atoms with van der Waals surface area (Å²) in [6.45, 7) is 6.25. The van der Waals surface area contributed by atoms with Gasteiger partial charge in [-0.3, -0.25) is 14.4 Å². The van der Waals surface area contributed by atoms with Crippen molar-refractivity contribution >= 4 is 17.9 Å². The Morgan fingerprint density at radius 2 is 0.551 bits per heavy atom. The average Bonchev–Trinajstić information content (AvgIpc) is 3.44. The molecule has 6 heteroatoms. The molecule has 0 spiro atoms. The zero-order chi connectivity index (χ0) is 56.4. The lowest BCUT2D eigenvalue weighted by atomic mass is 10.1. The predicted octanol–water partition coefficient (Wildman–Crippen LogP) is 21.3. The van der Waals surface area contributed by atoms with Crippen molar-refractivity contribution in [3.05, 3.63) is 182 Å². The summed E-state index contributed by atoms with van der Waals surface area (Å²) in [6.07, 6.45) is 96.3. The standard InChI is InChI=1S/C72H110O6/c1-4-7-10-13-16-19-22-25-28-30-32-33-34-35-36-37-38-39-40-42-44-47-50-53-56-59-62-65-71(74)77-68-69(67-76-70(73)64-61-58-55-52-49-46-43-27-24-21-18-15-12-9-6-3)78-72(75)66-63-60-57-54-51-48-45-41-31-29-26-23-20-17-14-11-8-5-2/h7,9-10,12,16,18-21,23,25,27-29,31-33,35-36,38-39,42-44,49-50,52-53,58,61,69H,4-6,8,11,13-15,17,22,24,26,30,34,37,40-41,45-48,51,54-57,59-60,62-68H2,1-3H3/b10-7-,12-9-,19-16-,21-18-,23-20-,28-25-,31-29-,33-32-,36-35-,39-38-,43-27-,44-42-,52-49-,53-50-,61-58-. The fraction of sp³-hybridized carbons (Fsp3) is 0.542. The maximum atomic E-state index is 12.9. The first-order valence-corrected chi connectivity index (χ1v) is 30.8. The molecule has 0 heterocycles. The summed E-state index contributed by atoms with van der Waals surface area (Å²) in [4.78, 5) is 38.2. The summed E-state index contributed by atoms with van der Waals surface area (Å²) in [5.74, 6) is -1.13. The van der Waals surface area contributed by atoms with E-state index < -0.39 is 12.1 Å². The minimum absolute atomic E-state index is 0.108. The van der Waals surface area contributed by atoms with Crippen LogP contribution in [0, 0.1) is 0 Å². The average molecular weight is 1070 g/mol. The van der Waals surface area contributed by atoms with Gasteiger partial charge in [0.25, 0.3) is 0 Å². The van der Waals surface area contributed by atoms with E-state index in [0.717, 1.165) is 135 Å². The molecule has 0 saturated heterocycles. The number of ether oxygens (including phenoxy) is 3. The van der Waals surface area contributed by atoms with Crippen LogP contribution < -0.4 is 0 Å². The highest BCUT2D eigenvalue weighted by Gasteiger charge is 2.19. The lowest BCUT2D eigenvalue weighted by molar-refractivity contribution is -0.166. The van der Waals surface area contributed by atoms with Crippen molar-refractivity contribution in [1.29, 1.82) is 0 Å². The Bertz CT molecular complexity index is 1850.